The van der Waals surface area contributed by atoms with Gasteiger partial charge in [-0.2, -0.15) is 0 Å². The zero-order chi connectivity index (χ0) is 12.6. The molecule has 0 aliphatic carbocycles. The van der Waals surface area contributed by atoms with Crippen LogP contribution >= 0.6 is 0 Å². The predicted octanol–water partition coefficient (Wildman–Crippen LogP) is 4.60. The van der Waals surface area contributed by atoms with Crippen LogP contribution in [-0.4, -0.2) is 8.32 Å². The summed E-state index contributed by atoms with van der Waals surface area (Å²) in [6.45, 7) is 4.60. The lowest BCUT2D eigenvalue weighted by Gasteiger charge is -2.34. The van der Waals surface area contributed by atoms with Crippen LogP contribution in [0.5, 0.6) is 0 Å². The summed E-state index contributed by atoms with van der Waals surface area (Å²) in [4.78, 5) is 0. The fourth-order valence-corrected chi connectivity index (χ4v) is 5.04. The Hall–Kier alpha value is -1.54. The van der Waals surface area contributed by atoms with Crippen molar-refractivity contribution in [3.8, 4) is 0 Å². The van der Waals surface area contributed by atoms with Gasteiger partial charge < -0.3 is 4.43 Å². The second-order valence-corrected chi connectivity index (χ2v) is 9.63. The molecule has 0 saturated carbocycles. The van der Waals surface area contributed by atoms with Crippen molar-refractivity contribution < 1.29 is 4.43 Å². The first-order valence-electron chi connectivity index (χ1n) is 6.48. The van der Waals surface area contributed by atoms with Crippen molar-refractivity contribution in [3.05, 3.63) is 60.4 Å². The molecule has 0 spiro atoms. The van der Waals surface area contributed by atoms with Crippen LogP contribution in [0.4, 0.5) is 0 Å². The SMILES string of the molecule is C[Si]1(C)OC=CCC1c1ccc2ccccc2c1. The first-order valence-corrected chi connectivity index (χ1v) is 9.47. The van der Waals surface area contributed by atoms with Crippen molar-refractivity contribution in [2.45, 2.75) is 25.1 Å². The summed E-state index contributed by atoms with van der Waals surface area (Å²) in [5.41, 5.74) is 1.99. The first kappa shape index (κ1) is 11.5. The largest absolute Gasteiger partial charge is 0.549 e. The van der Waals surface area contributed by atoms with E-state index in [0.717, 1.165) is 6.42 Å². The molecule has 18 heavy (non-hydrogen) atoms. The molecule has 2 heteroatoms. The highest BCUT2D eigenvalue weighted by Gasteiger charge is 2.36. The Kier molecular flexibility index (Phi) is 2.75. The third kappa shape index (κ3) is 1.97. The van der Waals surface area contributed by atoms with Crippen LogP contribution in [0, 0.1) is 0 Å². The summed E-state index contributed by atoms with van der Waals surface area (Å²) in [6.07, 6.45) is 5.15. The second kappa shape index (κ2) is 4.29. The minimum Gasteiger partial charge on any atom is -0.549 e. The molecule has 1 aliphatic rings. The lowest BCUT2D eigenvalue weighted by atomic mass is 10.0. The van der Waals surface area contributed by atoms with Crippen LogP contribution in [0.15, 0.2) is 54.8 Å². The van der Waals surface area contributed by atoms with Gasteiger partial charge in [0.05, 0.1) is 6.26 Å². The van der Waals surface area contributed by atoms with Crippen molar-refractivity contribution >= 4 is 19.1 Å². The molecule has 0 bridgehead atoms. The van der Waals surface area contributed by atoms with Crippen molar-refractivity contribution in [1.82, 2.24) is 0 Å². The molecule has 0 fully saturated rings. The summed E-state index contributed by atoms with van der Waals surface area (Å²) in [5, 5.41) is 2.64. The number of hydrogen-bond donors (Lipinski definition) is 0. The average Bonchev–Trinajstić information content (AvgIpc) is 2.38. The number of hydrogen-bond acceptors (Lipinski definition) is 1. The topological polar surface area (TPSA) is 9.23 Å². The van der Waals surface area contributed by atoms with Gasteiger partial charge >= 0.3 is 0 Å². The van der Waals surface area contributed by atoms with Gasteiger partial charge in [0, 0.05) is 5.54 Å². The lowest BCUT2D eigenvalue weighted by molar-refractivity contribution is 0.436. The van der Waals surface area contributed by atoms with E-state index < -0.39 is 8.32 Å². The van der Waals surface area contributed by atoms with Gasteiger partial charge in [-0.05, 0) is 35.9 Å². The van der Waals surface area contributed by atoms with Gasteiger partial charge in [0.15, 0.2) is 0 Å². The minimum atomic E-state index is -1.63. The van der Waals surface area contributed by atoms with Gasteiger partial charge in [-0.25, -0.2) is 0 Å². The van der Waals surface area contributed by atoms with Crippen LogP contribution in [0.2, 0.25) is 13.1 Å². The quantitative estimate of drug-likeness (QED) is 0.676. The van der Waals surface area contributed by atoms with Crippen molar-refractivity contribution in [2.24, 2.45) is 0 Å². The van der Waals surface area contributed by atoms with E-state index in [-0.39, 0.29) is 0 Å². The second-order valence-electron chi connectivity index (χ2n) is 5.49. The van der Waals surface area contributed by atoms with Gasteiger partial charge in [0.25, 0.3) is 8.32 Å². The molecule has 0 N–H and O–H groups in total. The van der Waals surface area contributed by atoms with Gasteiger partial charge in [-0.1, -0.05) is 48.5 Å². The van der Waals surface area contributed by atoms with E-state index in [2.05, 4.69) is 61.6 Å². The highest BCUT2D eigenvalue weighted by Crippen LogP contribution is 2.35. The molecule has 1 nitrogen and oxygen atoms in total. The van der Waals surface area contributed by atoms with Gasteiger partial charge in [0.2, 0.25) is 0 Å². The maximum Gasteiger partial charge on any atom is 0.252 e. The Balaban J connectivity index is 2.06. The Morgan fingerprint density at radius 2 is 1.83 bits per heavy atom. The Morgan fingerprint density at radius 1 is 1.06 bits per heavy atom. The highest BCUT2D eigenvalue weighted by molar-refractivity contribution is 6.73. The molecular formula is C16H18OSi. The molecule has 2 aromatic carbocycles. The van der Waals surface area contributed by atoms with Gasteiger partial charge in [0.1, 0.15) is 0 Å². The molecule has 3 rings (SSSR count). The van der Waals surface area contributed by atoms with E-state index in [9.17, 15) is 0 Å². The number of rotatable bonds is 1. The molecule has 0 aromatic heterocycles. The average molecular weight is 254 g/mol. The molecule has 2 aromatic rings. The fourth-order valence-electron chi connectivity index (χ4n) is 2.74. The molecule has 1 aliphatic heterocycles. The Morgan fingerprint density at radius 3 is 2.61 bits per heavy atom. The maximum atomic E-state index is 5.90. The Bertz CT molecular complexity index is 601. The maximum absolute atomic E-state index is 5.90. The molecule has 92 valence electrons. The van der Waals surface area contributed by atoms with Crippen molar-refractivity contribution in [1.29, 1.82) is 0 Å². The van der Waals surface area contributed by atoms with Gasteiger partial charge in [-0.15, -0.1) is 0 Å². The summed E-state index contributed by atoms with van der Waals surface area (Å²) >= 11 is 0. The predicted molar refractivity (Wildman–Crippen MR) is 79.0 cm³/mol. The van der Waals surface area contributed by atoms with Crippen LogP contribution in [-0.2, 0) is 4.43 Å². The van der Waals surface area contributed by atoms with Crippen LogP contribution < -0.4 is 0 Å². The van der Waals surface area contributed by atoms with Crippen molar-refractivity contribution in [3.63, 3.8) is 0 Å². The summed E-state index contributed by atoms with van der Waals surface area (Å²) in [5.74, 6) is 0. The van der Waals surface area contributed by atoms with E-state index in [1.165, 1.54) is 16.3 Å². The smallest absolute Gasteiger partial charge is 0.252 e. The lowest BCUT2D eigenvalue weighted by Crippen LogP contribution is -2.38. The zero-order valence-corrected chi connectivity index (χ0v) is 11.9. The summed E-state index contributed by atoms with van der Waals surface area (Å²) in [6, 6.07) is 15.4. The number of fused-ring (bicyclic) bond motifs is 1. The molecular weight excluding hydrogens is 236 g/mol. The minimum absolute atomic E-state index is 0.562. The molecule has 0 saturated heterocycles. The van der Waals surface area contributed by atoms with E-state index in [1.54, 1.807) is 0 Å². The first-order chi connectivity index (χ1) is 8.67. The van der Waals surface area contributed by atoms with Gasteiger partial charge in [-0.3, -0.25) is 0 Å². The number of allylic oxidation sites excluding steroid dienone is 1. The van der Waals surface area contributed by atoms with Crippen LogP contribution in [0.1, 0.15) is 17.5 Å². The molecule has 1 atom stereocenters. The molecule has 0 amide bonds. The summed E-state index contributed by atoms with van der Waals surface area (Å²) < 4.78 is 5.90. The van der Waals surface area contributed by atoms with Crippen molar-refractivity contribution in [2.75, 3.05) is 0 Å². The number of benzene rings is 2. The molecule has 1 unspecified atom stereocenters. The molecule has 0 radical (unpaired) electrons. The standard InChI is InChI=1S/C16H18OSi/c1-18(2)16(8-5-11-17-18)15-10-9-13-6-3-4-7-14(13)12-15/h3-7,9-12,16H,8H2,1-2H3. The van der Waals surface area contributed by atoms with Crippen LogP contribution in [0.3, 0.4) is 0 Å². The summed E-state index contributed by atoms with van der Waals surface area (Å²) in [7, 11) is -1.63. The third-order valence-corrected chi connectivity index (χ3v) is 6.85. The molecule has 1 heterocycles. The highest BCUT2D eigenvalue weighted by atomic mass is 28.4. The van der Waals surface area contributed by atoms with Crippen LogP contribution in [0.25, 0.3) is 10.8 Å². The van der Waals surface area contributed by atoms with E-state index in [0.29, 0.717) is 5.54 Å². The van der Waals surface area contributed by atoms with E-state index >= 15 is 0 Å². The monoisotopic (exact) mass is 254 g/mol. The Labute approximate surface area is 109 Å². The van der Waals surface area contributed by atoms with E-state index in [4.69, 9.17) is 4.43 Å². The zero-order valence-electron chi connectivity index (χ0n) is 10.9. The normalized spacial score (nSPS) is 21.8. The fraction of sp³-hybridized carbons (Fsp3) is 0.250. The van der Waals surface area contributed by atoms with E-state index in [1.807, 2.05) is 6.26 Å². The third-order valence-electron chi connectivity index (χ3n) is 3.85.